The molecule has 2 aromatic heterocycles. The van der Waals surface area contributed by atoms with Gasteiger partial charge < -0.3 is 5.84 Å². The SMILES string of the molecule is Nn1c(SCc2csc(-c3ccccc3)n2)nnc1-c1cccc(F)c1. The number of halogens is 1. The minimum Gasteiger partial charge on any atom is -0.335 e. The minimum absolute atomic E-state index is 0.337. The van der Waals surface area contributed by atoms with Crippen LogP contribution < -0.4 is 5.84 Å². The molecular weight excluding hydrogens is 369 g/mol. The number of rotatable bonds is 5. The molecule has 4 aromatic rings. The van der Waals surface area contributed by atoms with Crippen LogP contribution in [0.2, 0.25) is 0 Å². The van der Waals surface area contributed by atoms with Crippen molar-refractivity contribution in [2.24, 2.45) is 0 Å². The second-order valence-corrected chi connectivity index (χ2v) is 7.29. The number of thioether (sulfide) groups is 1. The van der Waals surface area contributed by atoms with Crippen molar-refractivity contribution in [2.45, 2.75) is 10.9 Å². The summed E-state index contributed by atoms with van der Waals surface area (Å²) in [5.74, 6) is 6.79. The Morgan fingerprint density at radius 2 is 1.85 bits per heavy atom. The zero-order valence-electron chi connectivity index (χ0n) is 13.5. The van der Waals surface area contributed by atoms with Gasteiger partial charge in [0.1, 0.15) is 10.8 Å². The molecule has 2 N–H and O–H groups in total. The zero-order valence-corrected chi connectivity index (χ0v) is 15.2. The van der Waals surface area contributed by atoms with E-state index >= 15 is 0 Å². The maximum atomic E-state index is 13.4. The van der Waals surface area contributed by atoms with Crippen LogP contribution in [0.15, 0.2) is 65.1 Å². The fourth-order valence-electron chi connectivity index (χ4n) is 2.42. The van der Waals surface area contributed by atoms with E-state index in [1.54, 1.807) is 23.5 Å². The van der Waals surface area contributed by atoms with Crippen LogP contribution in [0.4, 0.5) is 4.39 Å². The number of aromatic nitrogens is 4. The molecule has 0 spiro atoms. The molecule has 0 bridgehead atoms. The fourth-order valence-corrected chi connectivity index (χ4v) is 4.11. The molecule has 0 amide bonds. The Kier molecular flexibility index (Phi) is 4.68. The third kappa shape index (κ3) is 3.47. The first-order valence-corrected chi connectivity index (χ1v) is 9.66. The Morgan fingerprint density at radius 1 is 1.04 bits per heavy atom. The van der Waals surface area contributed by atoms with Crippen molar-refractivity contribution < 1.29 is 4.39 Å². The first-order chi connectivity index (χ1) is 12.7. The second-order valence-electron chi connectivity index (χ2n) is 5.49. The van der Waals surface area contributed by atoms with Crippen molar-refractivity contribution >= 4 is 23.1 Å². The van der Waals surface area contributed by atoms with Crippen LogP contribution in [-0.4, -0.2) is 19.9 Å². The van der Waals surface area contributed by atoms with Gasteiger partial charge in [0.15, 0.2) is 5.82 Å². The molecule has 2 aromatic carbocycles. The molecule has 2 heterocycles. The van der Waals surface area contributed by atoms with Crippen LogP contribution in [0.1, 0.15) is 5.69 Å². The quantitative estimate of drug-likeness (QED) is 0.413. The van der Waals surface area contributed by atoms with Crippen LogP contribution in [0, 0.1) is 5.82 Å². The van der Waals surface area contributed by atoms with Gasteiger partial charge in [-0.3, -0.25) is 0 Å². The van der Waals surface area contributed by atoms with Crippen molar-refractivity contribution in [3.8, 4) is 22.0 Å². The molecule has 0 saturated carbocycles. The first kappa shape index (κ1) is 16.7. The lowest BCUT2D eigenvalue weighted by atomic mass is 10.2. The molecule has 130 valence electrons. The molecule has 0 aliphatic carbocycles. The van der Waals surface area contributed by atoms with Gasteiger partial charge in [-0.05, 0) is 12.1 Å². The van der Waals surface area contributed by atoms with Gasteiger partial charge in [-0.2, -0.15) is 0 Å². The topological polar surface area (TPSA) is 69.6 Å². The third-order valence-corrected chi connectivity index (χ3v) is 5.59. The molecule has 0 atom stereocenters. The van der Waals surface area contributed by atoms with Gasteiger partial charge in [0.25, 0.3) is 0 Å². The maximum absolute atomic E-state index is 13.4. The standard InChI is InChI=1S/C18H14FN5S2/c19-14-8-4-7-13(9-14)16-22-23-18(24(16)20)26-11-15-10-25-17(21-15)12-5-2-1-3-6-12/h1-10H,11,20H2. The van der Waals surface area contributed by atoms with E-state index in [1.165, 1.54) is 28.6 Å². The number of nitrogens with two attached hydrogens (primary N) is 1. The minimum atomic E-state index is -0.337. The summed E-state index contributed by atoms with van der Waals surface area (Å²) < 4.78 is 14.8. The number of nitrogens with zero attached hydrogens (tertiary/aromatic N) is 4. The van der Waals surface area contributed by atoms with Crippen LogP contribution in [-0.2, 0) is 5.75 Å². The molecule has 0 saturated heterocycles. The molecule has 5 nitrogen and oxygen atoms in total. The average Bonchev–Trinajstić information content (AvgIpc) is 3.28. The molecule has 0 unspecified atom stereocenters. The Bertz CT molecular complexity index is 1030. The lowest BCUT2D eigenvalue weighted by Crippen LogP contribution is -2.11. The summed E-state index contributed by atoms with van der Waals surface area (Å²) in [6.45, 7) is 0. The highest BCUT2D eigenvalue weighted by Gasteiger charge is 2.14. The maximum Gasteiger partial charge on any atom is 0.210 e. The van der Waals surface area contributed by atoms with Crippen molar-refractivity contribution in [2.75, 3.05) is 5.84 Å². The molecule has 0 aliphatic rings. The lowest BCUT2D eigenvalue weighted by molar-refractivity contribution is 0.628. The first-order valence-electron chi connectivity index (χ1n) is 7.80. The smallest absolute Gasteiger partial charge is 0.210 e. The lowest BCUT2D eigenvalue weighted by Gasteiger charge is -2.03. The normalized spacial score (nSPS) is 11.0. The van der Waals surface area contributed by atoms with Gasteiger partial charge in [0.05, 0.1) is 5.69 Å². The van der Waals surface area contributed by atoms with Gasteiger partial charge >= 0.3 is 0 Å². The Balaban J connectivity index is 1.48. The van der Waals surface area contributed by atoms with E-state index in [0.29, 0.717) is 22.3 Å². The van der Waals surface area contributed by atoms with Gasteiger partial charge in [0, 0.05) is 22.3 Å². The van der Waals surface area contributed by atoms with E-state index in [0.717, 1.165) is 16.3 Å². The van der Waals surface area contributed by atoms with Crippen molar-refractivity contribution in [1.82, 2.24) is 19.9 Å². The van der Waals surface area contributed by atoms with E-state index in [1.807, 2.05) is 35.7 Å². The van der Waals surface area contributed by atoms with Crippen molar-refractivity contribution in [3.63, 3.8) is 0 Å². The average molecular weight is 383 g/mol. The number of thiazole rings is 1. The highest BCUT2D eigenvalue weighted by Crippen LogP contribution is 2.28. The van der Waals surface area contributed by atoms with Crippen molar-refractivity contribution in [3.05, 3.63) is 71.5 Å². The van der Waals surface area contributed by atoms with Crippen LogP contribution >= 0.6 is 23.1 Å². The molecule has 8 heteroatoms. The number of nitrogen functional groups attached to an aromatic ring is 1. The van der Waals surface area contributed by atoms with Crippen LogP contribution in [0.25, 0.3) is 22.0 Å². The van der Waals surface area contributed by atoms with E-state index in [9.17, 15) is 4.39 Å². The largest absolute Gasteiger partial charge is 0.335 e. The second kappa shape index (κ2) is 7.27. The predicted octanol–water partition coefficient (Wildman–Crippen LogP) is 4.21. The summed E-state index contributed by atoms with van der Waals surface area (Å²) in [6.07, 6.45) is 0. The Morgan fingerprint density at radius 3 is 2.65 bits per heavy atom. The molecule has 0 aliphatic heterocycles. The number of hydrogen-bond donors (Lipinski definition) is 1. The number of benzene rings is 2. The van der Waals surface area contributed by atoms with Gasteiger partial charge in [0.2, 0.25) is 5.16 Å². The summed E-state index contributed by atoms with van der Waals surface area (Å²) in [4.78, 5) is 4.65. The van der Waals surface area contributed by atoms with Crippen LogP contribution in [0.5, 0.6) is 0 Å². The van der Waals surface area contributed by atoms with E-state index in [-0.39, 0.29) is 5.82 Å². The molecule has 26 heavy (non-hydrogen) atoms. The third-order valence-electron chi connectivity index (χ3n) is 3.67. The highest BCUT2D eigenvalue weighted by atomic mass is 32.2. The number of hydrogen-bond acceptors (Lipinski definition) is 6. The summed E-state index contributed by atoms with van der Waals surface area (Å²) in [7, 11) is 0. The summed E-state index contributed by atoms with van der Waals surface area (Å²) in [6, 6.07) is 16.2. The molecule has 0 radical (unpaired) electrons. The predicted molar refractivity (Wildman–Crippen MR) is 103 cm³/mol. The van der Waals surface area contributed by atoms with Gasteiger partial charge in [-0.15, -0.1) is 21.5 Å². The fraction of sp³-hybridized carbons (Fsp3) is 0.0556. The zero-order chi connectivity index (χ0) is 17.9. The summed E-state index contributed by atoms with van der Waals surface area (Å²) in [5, 5.41) is 11.7. The Labute approximate surface area is 157 Å². The van der Waals surface area contributed by atoms with E-state index < -0.39 is 0 Å². The monoisotopic (exact) mass is 383 g/mol. The Hall–Kier alpha value is -2.71. The van der Waals surface area contributed by atoms with Crippen LogP contribution in [0.3, 0.4) is 0 Å². The highest BCUT2D eigenvalue weighted by molar-refractivity contribution is 7.98. The van der Waals surface area contributed by atoms with E-state index in [4.69, 9.17) is 5.84 Å². The van der Waals surface area contributed by atoms with Crippen molar-refractivity contribution in [1.29, 1.82) is 0 Å². The summed E-state index contributed by atoms with van der Waals surface area (Å²) >= 11 is 3.05. The molecule has 0 fully saturated rings. The summed E-state index contributed by atoms with van der Waals surface area (Å²) in [5.41, 5.74) is 2.64. The van der Waals surface area contributed by atoms with Gasteiger partial charge in [-0.1, -0.05) is 54.2 Å². The van der Waals surface area contributed by atoms with E-state index in [2.05, 4.69) is 15.2 Å². The molecule has 4 rings (SSSR count). The molecular formula is C18H14FN5S2. The van der Waals surface area contributed by atoms with Gasteiger partial charge in [-0.25, -0.2) is 14.1 Å².